The van der Waals surface area contributed by atoms with Crippen LogP contribution in [0.1, 0.15) is 27.2 Å². The number of methoxy groups -OCH3 is 1. The Morgan fingerprint density at radius 1 is 1.39 bits per heavy atom. The number of hydrogen-bond acceptors (Lipinski definition) is 4. The lowest BCUT2D eigenvalue weighted by molar-refractivity contribution is -0.142. The summed E-state index contributed by atoms with van der Waals surface area (Å²) in [7, 11) is 1.56. The van der Waals surface area contributed by atoms with Crippen molar-refractivity contribution in [1.29, 1.82) is 0 Å². The zero-order valence-electron chi connectivity index (χ0n) is 11.3. The molecule has 0 aliphatic carbocycles. The highest BCUT2D eigenvalue weighted by molar-refractivity contribution is 5.81. The van der Waals surface area contributed by atoms with Gasteiger partial charge < -0.3 is 14.6 Å². The maximum atomic E-state index is 11.9. The third-order valence-corrected chi connectivity index (χ3v) is 2.70. The molecule has 2 atom stereocenters. The first-order valence-corrected chi connectivity index (χ1v) is 5.96. The van der Waals surface area contributed by atoms with E-state index in [1.54, 1.807) is 27.9 Å². The van der Waals surface area contributed by atoms with Crippen molar-refractivity contribution in [3.8, 4) is 0 Å². The van der Waals surface area contributed by atoms with Crippen molar-refractivity contribution in [3.63, 3.8) is 0 Å². The maximum Gasteiger partial charge on any atom is 0.411 e. The number of rotatable bonds is 3. The van der Waals surface area contributed by atoms with Crippen LogP contribution in [-0.4, -0.2) is 54.0 Å². The standard InChI is InChI=1S/C12H21NO5/c1-12(2,3)18-11(16)13-6-8(7-17-4)5-9(13)10(14)15/h8-9H,5-7H2,1-4H3,(H,14,15)/t8-,9+/m1/s1. The van der Waals surface area contributed by atoms with E-state index in [2.05, 4.69) is 0 Å². The number of carboxylic acids is 1. The lowest BCUT2D eigenvalue weighted by atomic mass is 10.1. The number of carbonyl (C=O) groups excluding carboxylic acids is 1. The van der Waals surface area contributed by atoms with Gasteiger partial charge in [0.15, 0.2) is 0 Å². The molecule has 0 aromatic carbocycles. The van der Waals surface area contributed by atoms with E-state index in [4.69, 9.17) is 14.6 Å². The average Bonchev–Trinajstić information content (AvgIpc) is 2.59. The van der Waals surface area contributed by atoms with E-state index in [0.717, 1.165) is 0 Å². The van der Waals surface area contributed by atoms with Gasteiger partial charge in [-0.05, 0) is 27.2 Å². The first-order valence-electron chi connectivity index (χ1n) is 5.96. The number of amides is 1. The summed E-state index contributed by atoms with van der Waals surface area (Å²) in [5.74, 6) is -0.955. The molecular formula is C12H21NO5. The zero-order valence-corrected chi connectivity index (χ0v) is 11.3. The predicted octanol–water partition coefficient (Wildman–Crippen LogP) is 1.34. The first-order chi connectivity index (χ1) is 8.24. The molecule has 1 N–H and O–H groups in total. The third kappa shape index (κ3) is 3.87. The number of nitrogens with zero attached hydrogens (tertiary/aromatic N) is 1. The van der Waals surface area contributed by atoms with Gasteiger partial charge in [0.25, 0.3) is 0 Å². The van der Waals surface area contributed by atoms with Gasteiger partial charge in [0, 0.05) is 19.6 Å². The van der Waals surface area contributed by atoms with Crippen LogP contribution >= 0.6 is 0 Å². The fraction of sp³-hybridized carbons (Fsp3) is 0.833. The van der Waals surface area contributed by atoms with Crippen LogP contribution in [0.3, 0.4) is 0 Å². The van der Waals surface area contributed by atoms with Crippen molar-refractivity contribution < 1.29 is 24.2 Å². The van der Waals surface area contributed by atoms with Crippen molar-refractivity contribution in [2.45, 2.75) is 38.8 Å². The second-order valence-corrected chi connectivity index (χ2v) is 5.54. The zero-order chi connectivity index (χ0) is 13.9. The van der Waals surface area contributed by atoms with Crippen LogP contribution in [-0.2, 0) is 14.3 Å². The van der Waals surface area contributed by atoms with Crippen molar-refractivity contribution in [1.82, 2.24) is 4.90 Å². The molecule has 1 rings (SSSR count). The van der Waals surface area contributed by atoms with Crippen LogP contribution in [0.4, 0.5) is 4.79 Å². The van der Waals surface area contributed by atoms with Crippen LogP contribution in [0.5, 0.6) is 0 Å². The summed E-state index contributed by atoms with van der Waals surface area (Å²) in [4.78, 5) is 24.3. The third-order valence-electron chi connectivity index (χ3n) is 2.70. The molecule has 0 aromatic heterocycles. The molecule has 6 nitrogen and oxygen atoms in total. The lowest BCUT2D eigenvalue weighted by Crippen LogP contribution is -2.43. The fourth-order valence-corrected chi connectivity index (χ4v) is 2.04. The first kappa shape index (κ1) is 14.8. The highest BCUT2D eigenvalue weighted by atomic mass is 16.6. The Morgan fingerprint density at radius 2 is 2.00 bits per heavy atom. The molecule has 1 amide bonds. The summed E-state index contributed by atoms with van der Waals surface area (Å²) in [5, 5.41) is 9.13. The number of ether oxygens (including phenoxy) is 2. The van der Waals surface area contributed by atoms with Crippen molar-refractivity contribution in [3.05, 3.63) is 0 Å². The number of carbonyl (C=O) groups is 2. The van der Waals surface area contributed by atoms with Gasteiger partial charge in [-0.2, -0.15) is 0 Å². The van der Waals surface area contributed by atoms with Gasteiger partial charge in [-0.3, -0.25) is 4.90 Å². The number of carboxylic acid groups (broad SMARTS) is 1. The molecule has 0 spiro atoms. The van der Waals surface area contributed by atoms with E-state index in [1.807, 2.05) is 0 Å². The molecular weight excluding hydrogens is 238 g/mol. The number of aliphatic carboxylic acids is 1. The molecule has 0 unspecified atom stereocenters. The Morgan fingerprint density at radius 3 is 2.44 bits per heavy atom. The summed E-state index contributed by atoms with van der Waals surface area (Å²) in [6.07, 6.45) is -0.170. The van der Waals surface area contributed by atoms with Gasteiger partial charge >= 0.3 is 12.1 Å². The van der Waals surface area contributed by atoms with E-state index >= 15 is 0 Å². The van der Waals surface area contributed by atoms with Crippen LogP contribution in [0.25, 0.3) is 0 Å². The number of likely N-dealkylation sites (tertiary alicyclic amines) is 1. The predicted molar refractivity (Wildman–Crippen MR) is 64.3 cm³/mol. The normalized spacial score (nSPS) is 24.1. The SMILES string of the molecule is COC[C@@H]1C[C@@H](C(=O)O)N(C(=O)OC(C)(C)C)C1. The molecule has 104 valence electrons. The summed E-state index contributed by atoms with van der Waals surface area (Å²) < 4.78 is 10.2. The molecule has 1 aliphatic heterocycles. The van der Waals surface area contributed by atoms with Crippen LogP contribution in [0, 0.1) is 5.92 Å². The topological polar surface area (TPSA) is 76.1 Å². The second kappa shape index (κ2) is 5.56. The van der Waals surface area contributed by atoms with E-state index in [0.29, 0.717) is 19.6 Å². The summed E-state index contributed by atoms with van der Waals surface area (Å²) >= 11 is 0. The van der Waals surface area contributed by atoms with Gasteiger partial charge in [0.1, 0.15) is 11.6 Å². The highest BCUT2D eigenvalue weighted by Crippen LogP contribution is 2.25. The Labute approximate surface area is 107 Å². The van der Waals surface area contributed by atoms with E-state index < -0.39 is 23.7 Å². The maximum absolute atomic E-state index is 11.9. The Balaban J connectivity index is 2.72. The van der Waals surface area contributed by atoms with Gasteiger partial charge in [-0.25, -0.2) is 9.59 Å². The smallest absolute Gasteiger partial charge is 0.411 e. The Hall–Kier alpha value is -1.30. The minimum Gasteiger partial charge on any atom is -0.480 e. The minimum atomic E-state index is -1.00. The van der Waals surface area contributed by atoms with Crippen molar-refractivity contribution in [2.24, 2.45) is 5.92 Å². The van der Waals surface area contributed by atoms with Crippen LogP contribution in [0.2, 0.25) is 0 Å². The quantitative estimate of drug-likeness (QED) is 0.827. The lowest BCUT2D eigenvalue weighted by Gasteiger charge is -2.26. The second-order valence-electron chi connectivity index (χ2n) is 5.54. The van der Waals surface area contributed by atoms with E-state index in [9.17, 15) is 9.59 Å². The number of hydrogen-bond donors (Lipinski definition) is 1. The van der Waals surface area contributed by atoms with Gasteiger partial charge in [-0.1, -0.05) is 0 Å². The van der Waals surface area contributed by atoms with E-state index in [-0.39, 0.29) is 5.92 Å². The molecule has 18 heavy (non-hydrogen) atoms. The largest absolute Gasteiger partial charge is 0.480 e. The summed E-state index contributed by atoms with van der Waals surface area (Å²) in [6.45, 7) is 6.07. The summed E-state index contributed by atoms with van der Waals surface area (Å²) in [6, 6.07) is -0.819. The molecule has 1 heterocycles. The monoisotopic (exact) mass is 259 g/mol. The van der Waals surface area contributed by atoms with Crippen molar-refractivity contribution >= 4 is 12.1 Å². The Bertz CT molecular complexity index is 323. The molecule has 0 radical (unpaired) electrons. The molecule has 1 fully saturated rings. The highest BCUT2D eigenvalue weighted by Gasteiger charge is 2.41. The van der Waals surface area contributed by atoms with Gasteiger partial charge in [0.05, 0.1) is 6.61 Å². The Kier molecular flexibility index (Phi) is 4.56. The minimum absolute atomic E-state index is 0.0450. The molecule has 0 bridgehead atoms. The molecule has 0 saturated carbocycles. The molecule has 6 heteroatoms. The molecule has 1 saturated heterocycles. The molecule has 0 aromatic rings. The van der Waals surface area contributed by atoms with Crippen LogP contribution in [0.15, 0.2) is 0 Å². The summed E-state index contributed by atoms with van der Waals surface area (Å²) in [5.41, 5.74) is -0.626. The van der Waals surface area contributed by atoms with Gasteiger partial charge in [-0.15, -0.1) is 0 Å². The van der Waals surface area contributed by atoms with Crippen LogP contribution < -0.4 is 0 Å². The van der Waals surface area contributed by atoms with Gasteiger partial charge in [0.2, 0.25) is 0 Å². The fourth-order valence-electron chi connectivity index (χ4n) is 2.04. The molecule has 1 aliphatic rings. The van der Waals surface area contributed by atoms with E-state index in [1.165, 1.54) is 4.90 Å². The van der Waals surface area contributed by atoms with Crippen molar-refractivity contribution in [2.75, 3.05) is 20.3 Å². The average molecular weight is 259 g/mol.